The van der Waals surface area contributed by atoms with E-state index in [1.807, 2.05) is 6.26 Å². The molecule has 0 saturated carbocycles. The Morgan fingerprint density at radius 3 is 3.00 bits per heavy atom. The first-order valence-electron chi connectivity index (χ1n) is 3.99. The summed E-state index contributed by atoms with van der Waals surface area (Å²) >= 11 is 8.34. The molecular formula is C7H10ClN3OS2. The quantitative estimate of drug-likeness (QED) is 0.495. The molecule has 0 fully saturated rings. The molecule has 0 unspecified atom stereocenters. The van der Waals surface area contributed by atoms with Crippen LogP contribution in [0.25, 0.3) is 0 Å². The molecule has 0 bridgehead atoms. The number of halogens is 1. The van der Waals surface area contributed by atoms with Gasteiger partial charge in [-0.25, -0.2) is 0 Å². The Labute approximate surface area is 95.4 Å². The summed E-state index contributed by atoms with van der Waals surface area (Å²) in [5.74, 6) is 0.439. The highest BCUT2D eigenvalue weighted by Crippen LogP contribution is 2.23. The molecule has 0 aliphatic heterocycles. The first kappa shape index (κ1) is 11.7. The van der Waals surface area contributed by atoms with Gasteiger partial charge in [0.25, 0.3) is 0 Å². The summed E-state index contributed by atoms with van der Waals surface area (Å²) in [4.78, 5) is 11.2. The van der Waals surface area contributed by atoms with E-state index in [0.29, 0.717) is 23.9 Å². The molecule has 1 rings (SSSR count). The molecule has 1 heterocycles. The molecular weight excluding hydrogens is 242 g/mol. The molecule has 0 aliphatic rings. The van der Waals surface area contributed by atoms with Crippen LogP contribution in [0.2, 0.25) is 0 Å². The van der Waals surface area contributed by atoms with Gasteiger partial charge in [-0.15, -0.1) is 21.8 Å². The molecule has 1 aromatic heterocycles. The fraction of sp³-hybridized carbons (Fsp3) is 0.571. The fourth-order valence-corrected chi connectivity index (χ4v) is 2.07. The van der Waals surface area contributed by atoms with Gasteiger partial charge in [-0.3, -0.25) is 4.79 Å². The highest BCUT2D eigenvalue weighted by atomic mass is 35.5. The maximum absolute atomic E-state index is 11.2. The Hall–Kier alpha value is -0.330. The van der Waals surface area contributed by atoms with Crippen LogP contribution in [0.5, 0.6) is 0 Å². The van der Waals surface area contributed by atoms with Crippen LogP contribution in [0, 0.1) is 0 Å². The number of thioether (sulfide) groups is 1. The summed E-state index contributed by atoms with van der Waals surface area (Å²) in [6, 6.07) is 0. The van der Waals surface area contributed by atoms with Gasteiger partial charge in [0.2, 0.25) is 11.0 Å². The molecule has 4 nitrogen and oxygen atoms in total. The number of amides is 1. The molecule has 7 heteroatoms. The summed E-state index contributed by atoms with van der Waals surface area (Å²) in [5.41, 5.74) is 0. The van der Waals surface area contributed by atoms with Crippen molar-refractivity contribution in [2.24, 2.45) is 0 Å². The number of aromatic nitrogens is 2. The predicted molar refractivity (Wildman–Crippen MR) is 60.3 cm³/mol. The lowest BCUT2D eigenvalue weighted by molar-refractivity contribution is -0.116. The molecule has 0 aromatic carbocycles. The van der Waals surface area contributed by atoms with Crippen LogP contribution >= 0.6 is 34.7 Å². The average molecular weight is 252 g/mol. The summed E-state index contributed by atoms with van der Waals surface area (Å²) < 4.78 is 0.845. The third-order valence-corrected chi connectivity index (χ3v) is 3.45. The van der Waals surface area contributed by atoms with Gasteiger partial charge in [-0.2, -0.15) is 0 Å². The molecule has 0 aliphatic carbocycles. The van der Waals surface area contributed by atoms with E-state index in [4.69, 9.17) is 11.6 Å². The molecule has 0 spiro atoms. The van der Waals surface area contributed by atoms with Gasteiger partial charge >= 0.3 is 0 Å². The molecule has 1 N–H and O–H groups in total. The minimum atomic E-state index is -0.0607. The molecule has 78 valence electrons. The smallest absolute Gasteiger partial charge is 0.226 e. The zero-order chi connectivity index (χ0) is 10.4. The predicted octanol–water partition coefficient (Wildman–Crippen LogP) is 2.22. The number of hydrogen-bond acceptors (Lipinski definition) is 5. The molecule has 0 atom stereocenters. The second kappa shape index (κ2) is 6.21. The van der Waals surface area contributed by atoms with E-state index in [9.17, 15) is 4.79 Å². The minimum absolute atomic E-state index is 0.0607. The molecule has 1 amide bonds. The maximum atomic E-state index is 11.2. The van der Waals surface area contributed by atoms with Crippen molar-refractivity contribution in [2.75, 3.05) is 17.5 Å². The van der Waals surface area contributed by atoms with Crippen LogP contribution in [0.3, 0.4) is 0 Å². The Bertz CT molecular complexity index is 305. The molecule has 1 aromatic rings. The highest BCUT2D eigenvalue weighted by Gasteiger charge is 2.06. The Morgan fingerprint density at radius 1 is 1.64 bits per heavy atom. The highest BCUT2D eigenvalue weighted by molar-refractivity contribution is 8.00. The summed E-state index contributed by atoms with van der Waals surface area (Å²) in [5, 5.41) is 10.9. The summed E-state index contributed by atoms with van der Waals surface area (Å²) in [7, 11) is 0. The lowest BCUT2D eigenvalue weighted by Gasteiger charge is -1.97. The van der Waals surface area contributed by atoms with Crippen LogP contribution in [0.15, 0.2) is 4.34 Å². The number of nitrogens with zero attached hydrogens (tertiary/aromatic N) is 2. The van der Waals surface area contributed by atoms with Crippen molar-refractivity contribution in [1.29, 1.82) is 0 Å². The van der Waals surface area contributed by atoms with E-state index >= 15 is 0 Å². The number of carbonyl (C=O) groups excluding carboxylic acids is 1. The number of rotatable bonds is 5. The first-order valence-corrected chi connectivity index (χ1v) is 6.57. The van der Waals surface area contributed by atoms with Gasteiger partial charge in [-0.1, -0.05) is 23.1 Å². The van der Waals surface area contributed by atoms with Gasteiger partial charge < -0.3 is 5.32 Å². The van der Waals surface area contributed by atoms with Crippen molar-refractivity contribution in [3.05, 3.63) is 0 Å². The number of carbonyl (C=O) groups is 1. The lowest BCUT2D eigenvalue weighted by atomic mass is 10.3. The zero-order valence-electron chi connectivity index (χ0n) is 7.62. The number of nitrogens with one attached hydrogen (secondary N) is 1. The second-order valence-corrected chi connectivity index (χ2v) is 4.83. The topological polar surface area (TPSA) is 54.9 Å². The van der Waals surface area contributed by atoms with Crippen molar-refractivity contribution >= 4 is 45.7 Å². The standard InChI is InChI=1S/C7H10ClN3OS2/c1-13-7-11-10-6(14-7)9-5(12)3-2-4-8/h2-4H2,1H3,(H,9,10,12). The Balaban J connectivity index is 2.39. The van der Waals surface area contributed by atoms with Crippen molar-refractivity contribution in [3.63, 3.8) is 0 Å². The van der Waals surface area contributed by atoms with Gasteiger partial charge in [0, 0.05) is 12.3 Å². The first-order chi connectivity index (χ1) is 6.76. The summed E-state index contributed by atoms with van der Waals surface area (Å²) in [6.45, 7) is 0. The third-order valence-electron chi connectivity index (χ3n) is 1.36. The van der Waals surface area contributed by atoms with Crippen LogP contribution in [-0.2, 0) is 4.79 Å². The van der Waals surface area contributed by atoms with E-state index in [1.54, 1.807) is 0 Å². The zero-order valence-corrected chi connectivity index (χ0v) is 10.0. The van der Waals surface area contributed by atoms with Gasteiger partial charge in [-0.05, 0) is 12.7 Å². The maximum Gasteiger partial charge on any atom is 0.226 e. The van der Waals surface area contributed by atoms with Gasteiger partial charge in [0.15, 0.2) is 4.34 Å². The van der Waals surface area contributed by atoms with E-state index in [0.717, 1.165) is 4.34 Å². The minimum Gasteiger partial charge on any atom is -0.301 e. The van der Waals surface area contributed by atoms with Crippen LogP contribution in [0.4, 0.5) is 5.13 Å². The van der Waals surface area contributed by atoms with Crippen LogP contribution in [0.1, 0.15) is 12.8 Å². The molecule has 14 heavy (non-hydrogen) atoms. The van der Waals surface area contributed by atoms with Crippen molar-refractivity contribution in [1.82, 2.24) is 10.2 Å². The number of anilines is 1. The van der Waals surface area contributed by atoms with Crippen LogP contribution in [-0.4, -0.2) is 28.2 Å². The monoisotopic (exact) mass is 251 g/mol. The van der Waals surface area contributed by atoms with Crippen molar-refractivity contribution in [3.8, 4) is 0 Å². The largest absolute Gasteiger partial charge is 0.301 e. The van der Waals surface area contributed by atoms with E-state index in [1.165, 1.54) is 23.1 Å². The molecule has 0 radical (unpaired) electrons. The summed E-state index contributed by atoms with van der Waals surface area (Å²) in [6.07, 6.45) is 3.03. The third kappa shape index (κ3) is 3.81. The molecule has 0 saturated heterocycles. The van der Waals surface area contributed by atoms with E-state index < -0.39 is 0 Å². The Morgan fingerprint density at radius 2 is 2.43 bits per heavy atom. The SMILES string of the molecule is CSc1nnc(NC(=O)CCCCl)s1. The van der Waals surface area contributed by atoms with E-state index in [2.05, 4.69) is 15.5 Å². The average Bonchev–Trinajstić information content (AvgIpc) is 2.62. The normalized spacial score (nSPS) is 10.1. The number of hydrogen-bond donors (Lipinski definition) is 1. The Kier molecular flexibility index (Phi) is 5.21. The van der Waals surface area contributed by atoms with E-state index in [-0.39, 0.29) is 5.91 Å². The van der Waals surface area contributed by atoms with Crippen molar-refractivity contribution in [2.45, 2.75) is 17.2 Å². The second-order valence-electron chi connectivity index (χ2n) is 2.42. The van der Waals surface area contributed by atoms with Gasteiger partial charge in [0.05, 0.1) is 0 Å². The lowest BCUT2D eigenvalue weighted by Crippen LogP contribution is -2.10. The van der Waals surface area contributed by atoms with Crippen LogP contribution < -0.4 is 5.32 Å². The fourth-order valence-electron chi connectivity index (χ4n) is 0.752. The van der Waals surface area contributed by atoms with Gasteiger partial charge in [0.1, 0.15) is 0 Å². The van der Waals surface area contributed by atoms with Crippen molar-refractivity contribution < 1.29 is 4.79 Å². The number of alkyl halides is 1.